The Hall–Kier alpha value is -2.44. The zero-order chi connectivity index (χ0) is 15.3. The van der Waals surface area contributed by atoms with Gasteiger partial charge in [0.05, 0.1) is 23.5 Å². The summed E-state index contributed by atoms with van der Waals surface area (Å²) in [5, 5.41) is 10.5. The first-order valence-electron chi connectivity index (χ1n) is 5.90. The Bertz CT molecular complexity index is 510. The van der Waals surface area contributed by atoms with Gasteiger partial charge in [0.25, 0.3) is 5.69 Å². The van der Waals surface area contributed by atoms with Crippen molar-refractivity contribution in [2.45, 2.75) is 20.0 Å². The molecule has 0 fully saturated rings. The molecule has 0 saturated heterocycles. The first-order valence-corrected chi connectivity index (χ1v) is 5.90. The lowest BCUT2D eigenvalue weighted by molar-refractivity contribution is -0.384. The van der Waals surface area contributed by atoms with Crippen LogP contribution in [0.1, 0.15) is 24.2 Å². The molecule has 0 saturated carbocycles. The minimum absolute atomic E-state index is 0.113. The third kappa shape index (κ3) is 3.78. The molecule has 0 aliphatic heterocycles. The fourth-order valence-corrected chi connectivity index (χ4v) is 1.44. The Morgan fingerprint density at radius 2 is 1.75 bits per heavy atom. The minimum atomic E-state index is -0.662. The number of non-ortho nitro benzene ring substituents is 1. The lowest BCUT2D eigenvalue weighted by Gasteiger charge is -2.18. The van der Waals surface area contributed by atoms with Crippen LogP contribution >= 0.6 is 0 Å². The lowest BCUT2D eigenvalue weighted by Crippen LogP contribution is -2.29. The summed E-state index contributed by atoms with van der Waals surface area (Å²) in [7, 11) is 1.25. The first-order chi connectivity index (χ1) is 9.36. The number of carbonyl (C=O) groups excluding carboxylic acids is 2. The molecule has 0 radical (unpaired) electrons. The topological polar surface area (TPSA) is 95.7 Å². The van der Waals surface area contributed by atoms with Crippen molar-refractivity contribution >= 4 is 17.6 Å². The van der Waals surface area contributed by atoms with Crippen LogP contribution in [0.3, 0.4) is 0 Å². The predicted octanol–water partition coefficient (Wildman–Crippen LogP) is 1.95. The molecule has 0 aliphatic carbocycles. The normalized spacial score (nSPS) is 13.2. The molecule has 2 atom stereocenters. The Kier molecular flexibility index (Phi) is 5.19. The standard InChI is InChI=1S/C13H15NO6/c1-8(12(15)19-3)9(2)20-13(16)10-4-6-11(7-5-10)14(17)18/h4-9H,1-3H3/t8-,9+/m1/s1. The molecule has 0 spiro atoms. The molecule has 7 nitrogen and oxygen atoms in total. The van der Waals surface area contributed by atoms with Crippen molar-refractivity contribution in [1.29, 1.82) is 0 Å². The summed E-state index contributed by atoms with van der Waals surface area (Å²) in [6.45, 7) is 3.16. The van der Waals surface area contributed by atoms with Crippen molar-refractivity contribution in [3.8, 4) is 0 Å². The summed E-state index contributed by atoms with van der Waals surface area (Å²) in [5.74, 6) is -1.72. The summed E-state index contributed by atoms with van der Waals surface area (Å²) in [5.41, 5.74) is 0.0667. The number of rotatable bonds is 5. The highest BCUT2D eigenvalue weighted by Gasteiger charge is 2.24. The molecule has 108 valence electrons. The van der Waals surface area contributed by atoms with Crippen LogP contribution in [-0.2, 0) is 14.3 Å². The smallest absolute Gasteiger partial charge is 0.338 e. The molecule has 0 aromatic heterocycles. The highest BCUT2D eigenvalue weighted by Crippen LogP contribution is 2.15. The maximum absolute atomic E-state index is 11.8. The third-order valence-electron chi connectivity index (χ3n) is 2.88. The summed E-state index contributed by atoms with van der Waals surface area (Å²) in [4.78, 5) is 33.0. The molecule has 0 heterocycles. The van der Waals surface area contributed by atoms with Gasteiger partial charge in [-0.3, -0.25) is 14.9 Å². The van der Waals surface area contributed by atoms with E-state index in [9.17, 15) is 19.7 Å². The van der Waals surface area contributed by atoms with E-state index < -0.39 is 28.9 Å². The summed E-state index contributed by atoms with van der Waals surface area (Å²) in [6.07, 6.45) is -0.662. The number of hydrogen-bond donors (Lipinski definition) is 0. The van der Waals surface area contributed by atoms with E-state index in [1.807, 2.05) is 0 Å². The van der Waals surface area contributed by atoms with Crippen LogP contribution in [0.4, 0.5) is 5.69 Å². The molecule has 0 bridgehead atoms. The molecule has 1 aromatic rings. The van der Waals surface area contributed by atoms with E-state index in [2.05, 4.69) is 4.74 Å². The van der Waals surface area contributed by atoms with Crippen molar-refractivity contribution in [2.75, 3.05) is 7.11 Å². The van der Waals surface area contributed by atoms with Gasteiger partial charge in [-0.15, -0.1) is 0 Å². The van der Waals surface area contributed by atoms with E-state index in [4.69, 9.17) is 4.74 Å². The van der Waals surface area contributed by atoms with Crippen molar-refractivity contribution < 1.29 is 24.0 Å². The van der Waals surface area contributed by atoms with Crippen LogP contribution in [0.2, 0.25) is 0 Å². The van der Waals surface area contributed by atoms with Crippen LogP contribution in [0, 0.1) is 16.0 Å². The SMILES string of the molecule is COC(=O)[C@H](C)[C@H](C)OC(=O)c1ccc([N+](=O)[O-])cc1. The predicted molar refractivity (Wildman–Crippen MR) is 69.2 cm³/mol. The molecule has 7 heteroatoms. The van der Waals surface area contributed by atoms with E-state index in [0.717, 1.165) is 0 Å². The van der Waals surface area contributed by atoms with Crippen LogP contribution < -0.4 is 0 Å². The number of nitrogens with zero attached hydrogens (tertiary/aromatic N) is 1. The van der Waals surface area contributed by atoms with Gasteiger partial charge < -0.3 is 9.47 Å². The molecular formula is C13H15NO6. The van der Waals surface area contributed by atoms with Gasteiger partial charge in [-0.05, 0) is 26.0 Å². The molecule has 1 aromatic carbocycles. The highest BCUT2D eigenvalue weighted by atomic mass is 16.6. The monoisotopic (exact) mass is 281 g/mol. The average Bonchev–Trinajstić information content (AvgIpc) is 2.45. The summed E-state index contributed by atoms with van der Waals surface area (Å²) in [6, 6.07) is 5.03. The largest absolute Gasteiger partial charge is 0.469 e. The second kappa shape index (κ2) is 6.65. The quantitative estimate of drug-likeness (QED) is 0.465. The van der Waals surface area contributed by atoms with Crippen molar-refractivity contribution in [3.63, 3.8) is 0 Å². The van der Waals surface area contributed by atoms with Crippen LogP contribution in [0.25, 0.3) is 0 Å². The number of carbonyl (C=O) groups is 2. The van der Waals surface area contributed by atoms with Gasteiger partial charge in [0, 0.05) is 12.1 Å². The van der Waals surface area contributed by atoms with Gasteiger partial charge in [0.15, 0.2) is 0 Å². The number of esters is 2. The Labute approximate surface area is 115 Å². The molecule has 0 N–H and O–H groups in total. The molecule has 0 unspecified atom stereocenters. The molecule has 20 heavy (non-hydrogen) atoms. The second-order valence-electron chi connectivity index (χ2n) is 4.23. The zero-order valence-corrected chi connectivity index (χ0v) is 11.4. The van der Waals surface area contributed by atoms with Gasteiger partial charge in [-0.25, -0.2) is 4.79 Å². The van der Waals surface area contributed by atoms with Gasteiger partial charge in [-0.1, -0.05) is 0 Å². The first kappa shape index (κ1) is 15.6. The fraction of sp³-hybridized carbons (Fsp3) is 0.385. The van der Waals surface area contributed by atoms with Crippen molar-refractivity contribution in [3.05, 3.63) is 39.9 Å². The van der Waals surface area contributed by atoms with Crippen molar-refractivity contribution in [1.82, 2.24) is 0 Å². The summed E-state index contributed by atoms with van der Waals surface area (Å²) >= 11 is 0. The zero-order valence-electron chi connectivity index (χ0n) is 11.4. The van der Waals surface area contributed by atoms with Crippen molar-refractivity contribution in [2.24, 2.45) is 5.92 Å². The van der Waals surface area contributed by atoms with E-state index >= 15 is 0 Å². The van der Waals surface area contributed by atoms with E-state index in [1.54, 1.807) is 13.8 Å². The molecule has 1 rings (SSSR count). The number of benzene rings is 1. The van der Waals surface area contributed by atoms with E-state index in [0.29, 0.717) is 0 Å². The minimum Gasteiger partial charge on any atom is -0.469 e. The molecule has 0 aliphatic rings. The number of nitro groups is 1. The number of hydrogen-bond acceptors (Lipinski definition) is 6. The Balaban J connectivity index is 2.71. The third-order valence-corrected chi connectivity index (χ3v) is 2.88. The fourth-order valence-electron chi connectivity index (χ4n) is 1.44. The lowest BCUT2D eigenvalue weighted by atomic mass is 10.1. The number of ether oxygens (including phenoxy) is 2. The van der Waals surface area contributed by atoms with E-state index in [-0.39, 0.29) is 11.3 Å². The van der Waals surface area contributed by atoms with Gasteiger partial charge in [-0.2, -0.15) is 0 Å². The number of nitro benzene ring substituents is 1. The Morgan fingerprint density at radius 3 is 2.20 bits per heavy atom. The van der Waals surface area contributed by atoms with E-state index in [1.165, 1.54) is 31.4 Å². The molecule has 0 amide bonds. The van der Waals surface area contributed by atoms with Gasteiger partial charge in [0.1, 0.15) is 6.10 Å². The van der Waals surface area contributed by atoms with Gasteiger partial charge in [0.2, 0.25) is 0 Å². The second-order valence-corrected chi connectivity index (χ2v) is 4.23. The maximum Gasteiger partial charge on any atom is 0.338 e. The summed E-state index contributed by atoms with van der Waals surface area (Å²) < 4.78 is 9.67. The van der Waals surface area contributed by atoms with Gasteiger partial charge >= 0.3 is 11.9 Å². The van der Waals surface area contributed by atoms with Crippen LogP contribution in [-0.4, -0.2) is 30.1 Å². The number of methoxy groups -OCH3 is 1. The van der Waals surface area contributed by atoms with Crippen LogP contribution in [0.5, 0.6) is 0 Å². The highest BCUT2D eigenvalue weighted by molar-refractivity contribution is 5.90. The van der Waals surface area contributed by atoms with Crippen LogP contribution in [0.15, 0.2) is 24.3 Å². The maximum atomic E-state index is 11.8. The average molecular weight is 281 g/mol. The Morgan fingerprint density at radius 1 is 1.20 bits per heavy atom. The molecular weight excluding hydrogens is 266 g/mol.